The first-order chi connectivity index (χ1) is 5.65. The molecule has 0 aromatic rings. The van der Waals surface area contributed by atoms with Crippen LogP contribution in [0, 0.1) is 0 Å². The molecule has 0 fully saturated rings. The molecular formula is C8H16O4. The molecule has 0 saturated carbocycles. The smallest absolute Gasteiger partial charge is 0.183 e. The van der Waals surface area contributed by atoms with E-state index in [9.17, 15) is 4.79 Å². The zero-order valence-corrected chi connectivity index (χ0v) is 7.99. The molecule has 0 saturated heterocycles. The highest BCUT2D eigenvalue weighted by atomic mass is 16.7. The summed E-state index contributed by atoms with van der Waals surface area (Å²) in [6.45, 7) is 1.51. The lowest BCUT2D eigenvalue weighted by atomic mass is 10.2. The van der Waals surface area contributed by atoms with Gasteiger partial charge in [-0.2, -0.15) is 0 Å². The predicted octanol–water partition coefficient (Wildman–Crippen LogP) is 0.599. The van der Waals surface area contributed by atoms with E-state index in [0.717, 1.165) is 0 Å². The van der Waals surface area contributed by atoms with Crippen molar-refractivity contribution in [2.75, 3.05) is 21.3 Å². The zero-order chi connectivity index (χ0) is 9.56. The summed E-state index contributed by atoms with van der Waals surface area (Å²) in [7, 11) is 4.55. The Hall–Kier alpha value is -0.450. The van der Waals surface area contributed by atoms with Crippen molar-refractivity contribution >= 4 is 5.78 Å². The molecule has 4 heteroatoms. The fraction of sp³-hybridized carbons (Fsp3) is 0.875. The number of ether oxygens (including phenoxy) is 3. The van der Waals surface area contributed by atoms with Crippen LogP contribution in [0.15, 0.2) is 0 Å². The minimum Gasteiger partial charge on any atom is -0.376 e. The lowest BCUT2D eigenvalue weighted by Crippen LogP contribution is -2.33. The van der Waals surface area contributed by atoms with E-state index >= 15 is 0 Å². The summed E-state index contributed by atoms with van der Waals surface area (Å²) < 4.78 is 14.9. The maximum Gasteiger partial charge on any atom is 0.183 e. The first kappa shape index (κ1) is 11.6. The lowest BCUT2D eigenvalue weighted by Gasteiger charge is -2.22. The number of carbonyl (C=O) groups excluding carboxylic acids is 1. The molecule has 72 valence electrons. The summed E-state index contributed by atoms with van der Waals surface area (Å²) in [6.07, 6.45) is -0.487. The van der Waals surface area contributed by atoms with E-state index in [4.69, 9.17) is 14.2 Å². The fourth-order valence-electron chi connectivity index (χ4n) is 0.974. The van der Waals surface area contributed by atoms with E-state index in [1.807, 2.05) is 0 Å². The predicted molar refractivity (Wildman–Crippen MR) is 43.9 cm³/mol. The van der Waals surface area contributed by atoms with Gasteiger partial charge in [-0.15, -0.1) is 0 Å². The summed E-state index contributed by atoms with van der Waals surface area (Å²) >= 11 is 0. The molecule has 0 N–H and O–H groups in total. The van der Waals surface area contributed by atoms with E-state index in [1.165, 1.54) is 28.3 Å². The number of rotatable bonds is 6. The van der Waals surface area contributed by atoms with Gasteiger partial charge in [-0.05, 0) is 6.92 Å². The maximum absolute atomic E-state index is 10.8. The Balaban J connectivity index is 4.01. The van der Waals surface area contributed by atoms with E-state index in [-0.39, 0.29) is 11.9 Å². The van der Waals surface area contributed by atoms with Crippen molar-refractivity contribution in [3.63, 3.8) is 0 Å². The summed E-state index contributed by atoms with van der Waals surface area (Å²) in [5, 5.41) is 0. The van der Waals surface area contributed by atoms with Gasteiger partial charge in [0.1, 0.15) is 11.9 Å². The molecular weight excluding hydrogens is 160 g/mol. The quantitative estimate of drug-likeness (QED) is 0.556. The number of carbonyl (C=O) groups is 1. The van der Waals surface area contributed by atoms with Gasteiger partial charge in [0.2, 0.25) is 0 Å². The normalized spacial score (nSPS) is 13.4. The van der Waals surface area contributed by atoms with Gasteiger partial charge in [0.05, 0.1) is 0 Å². The highest BCUT2D eigenvalue weighted by Crippen LogP contribution is 2.07. The third-order valence-corrected chi connectivity index (χ3v) is 1.56. The van der Waals surface area contributed by atoms with Crippen molar-refractivity contribution < 1.29 is 19.0 Å². The van der Waals surface area contributed by atoms with E-state index in [0.29, 0.717) is 6.42 Å². The Kier molecular flexibility index (Phi) is 5.88. The zero-order valence-electron chi connectivity index (χ0n) is 7.99. The van der Waals surface area contributed by atoms with Crippen LogP contribution in [0.4, 0.5) is 0 Å². The fourth-order valence-corrected chi connectivity index (χ4v) is 0.974. The van der Waals surface area contributed by atoms with Gasteiger partial charge in [-0.1, -0.05) is 0 Å². The molecule has 0 aromatic heterocycles. The first-order valence-corrected chi connectivity index (χ1v) is 3.73. The summed E-state index contributed by atoms with van der Waals surface area (Å²) in [4.78, 5) is 10.8. The molecule has 4 nitrogen and oxygen atoms in total. The molecule has 12 heavy (non-hydrogen) atoms. The molecule has 1 atom stereocenters. The van der Waals surface area contributed by atoms with Gasteiger partial charge >= 0.3 is 0 Å². The van der Waals surface area contributed by atoms with Crippen LogP contribution in [0.3, 0.4) is 0 Å². The monoisotopic (exact) mass is 176 g/mol. The number of ketones is 1. The van der Waals surface area contributed by atoms with E-state index in [2.05, 4.69) is 0 Å². The second kappa shape index (κ2) is 6.11. The summed E-state index contributed by atoms with van der Waals surface area (Å²) in [5.74, 6) is 0.0564. The highest BCUT2D eigenvalue weighted by molar-refractivity contribution is 5.76. The summed E-state index contributed by atoms with van der Waals surface area (Å²) in [5.41, 5.74) is 0. The number of methoxy groups -OCH3 is 3. The van der Waals surface area contributed by atoms with Crippen LogP contribution < -0.4 is 0 Å². The van der Waals surface area contributed by atoms with Crippen LogP contribution in [-0.2, 0) is 19.0 Å². The first-order valence-electron chi connectivity index (χ1n) is 3.73. The highest BCUT2D eigenvalue weighted by Gasteiger charge is 2.21. The van der Waals surface area contributed by atoms with E-state index in [1.54, 1.807) is 0 Å². The largest absolute Gasteiger partial charge is 0.376 e. The molecule has 0 aliphatic rings. The average molecular weight is 176 g/mol. The molecule has 1 unspecified atom stereocenters. The third kappa shape index (κ3) is 3.80. The third-order valence-electron chi connectivity index (χ3n) is 1.56. The average Bonchev–Trinajstić information content (AvgIpc) is 2.04. The molecule has 0 amide bonds. The SMILES string of the molecule is COC(CC(C)=O)C(OC)OC. The van der Waals surface area contributed by atoms with Crippen LogP contribution in [0.2, 0.25) is 0 Å². The Morgan fingerprint density at radius 1 is 1.17 bits per heavy atom. The molecule has 0 rings (SSSR count). The second-order valence-electron chi connectivity index (χ2n) is 2.52. The number of hydrogen-bond donors (Lipinski definition) is 0. The summed E-state index contributed by atoms with van der Waals surface area (Å²) in [6, 6.07) is 0. The second-order valence-corrected chi connectivity index (χ2v) is 2.52. The molecule has 0 bridgehead atoms. The Labute approximate surface area is 72.8 Å². The van der Waals surface area contributed by atoms with Crippen LogP contribution in [0.5, 0.6) is 0 Å². The van der Waals surface area contributed by atoms with Gasteiger partial charge < -0.3 is 14.2 Å². The number of hydrogen-bond acceptors (Lipinski definition) is 4. The van der Waals surface area contributed by atoms with E-state index < -0.39 is 6.29 Å². The number of Topliss-reactive ketones (excluding diaryl/α,β-unsaturated/α-hetero) is 1. The minimum absolute atomic E-state index is 0.0564. The molecule has 0 spiro atoms. The van der Waals surface area contributed by atoms with Crippen LogP contribution in [-0.4, -0.2) is 39.5 Å². The molecule has 0 aromatic carbocycles. The van der Waals surface area contributed by atoms with Gasteiger partial charge in [0.15, 0.2) is 6.29 Å². The lowest BCUT2D eigenvalue weighted by molar-refractivity contribution is -0.176. The van der Waals surface area contributed by atoms with Gasteiger partial charge in [0.25, 0.3) is 0 Å². The molecule has 0 aliphatic carbocycles. The van der Waals surface area contributed by atoms with Crippen molar-refractivity contribution in [2.45, 2.75) is 25.7 Å². The molecule has 0 aliphatic heterocycles. The van der Waals surface area contributed by atoms with Crippen molar-refractivity contribution in [1.29, 1.82) is 0 Å². The minimum atomic E-state index is -0.473. The van der Waals surface area contributed by atoms with Crippen LogP contribution in [0.25, 0.3) is 0 Å². The molecule has 0 heterocycles. The van der Waals surface area contributed by atoms with Gasteiger partial charge in [0, 0.05) is 27.8 Å². The van der Waals surface area contributed by atoms with Crippen molar-refractivity contribution in [3.05, 3.63) is 0 Å². The topological polar surface area (TPSA) is 44.8 Å². The standard InChI is InChI=1S/C8H16O4/c1-6(9)5-7(10-2)8(11-3)12-4/h7-8H,5H2,1-4H3. The van der Waals surface area contributed by atoms with Crippen LogP contribution in [0.1, 0.15) is 13.3 Å². The Morgan fingerprint density at radius 2 is 1.67 bits per heavy atom. The van der Waals surface area contributed by atoms with Crippen molar-refractivity contribution in [2.24, 2.45) is 0 Å². The Bertz CT molecular complexity index is 131. The molecule has 0 radical (unpaired) electrons. The van der Waals surface area contributed by atoms with Crippen LogP contribution >= 0.6 is 0 Å². The van der Waals surface area contributed by atoms with Crippen molar-refractivity contribution in [3.8, 4) is 0 Å². The van der Waals surface area contributed by atoms with Crippen molar-refractivity contribution in [1.82, 2.24) is 0 Å². The van der Waals surface area contributed by atoms with Gasteiger partial charge in [-0.25, -0.2) is 0 Å². The van der Waals surface area contributed by atoms with Gasteiger partial charge in [-0.3, -0.25) is 4.79 Å². The Morgan fingerprint density at radius 3 is 1.92 bits per heavy atom. The maximum atomic E-state index is 10.8.